The number of benzene rings is 2. The first-order valence-electron chi connectivity index (χ1n) is 11.8. The van der Waals surface area contributed by atoms with Crippen LogP contribution in [-0.2, 0) is 5.41 Å². The fourth-order valence-corrected chi connectivity index (χ4v) is 3.53. The molecule has 0 bridgehead atoms. The number of hydrogen-bond donors (Lipinski definition) is 1. The molecule has 1 amide bonds. The summed E-state index contributed by atoms with van der Waals surface area (Å²) in [5.41, 5.74) is 1.73. The average molecular weight is 521 g/mol. The predicted molar refractivity (Wildman–Crippen MR) is 133 cm³/mol. The van der Waals surface area contributed by atoms with Gasteiger partial charge in [0, 0.05) is 6.07 Å². The number of carbonyl (C=O) groups excluding carboxylic acids is 1. The summed E-state index contributed by atoms with van der Waals surface area (Å²) < 4.78 is 54.6. The summed E-state index contributed by atoms with van der Waals surface area (Å²) in [5, 5.41) is 10.8. The van der Waals surface area contributed by atoms with Gasteiger partial charge in [-0.2, -0.15) is 0 Å². The van der Waals surface area contributed by atoms with E-state index >= 15 is 0 Å². The Morgan fingerprint density at radius 3 is 2.41 bits per heavy atom. The topological polar surface area (TPSA) is 87.5 Å². The number of aromatic nitrogens is 3. The second kappa shape index (κ2) is 11.1. The molecule has 0 spiro atoms. The number of carbonyl (C=O) groups is 1. The van der Waals surface area contributed by atoms with Crippen molar-refractivity contribution in [1.29, 1.82) is 0 Å². The maximum Gasteiger partial charge on any atom is 0.573 e. The Morgan fingerprint density at radius 2 is 1.78 bits per heavy atom. The molecule has 1 N–H and O–H groups in total. The van der Waals surface area contributed by atoms with Crippen LogP contribution in [0.1, 0.15) is 62.3 Å². The van der Waals surface area contributed by atoms with E-state index in [4.69, 9.17) is 9.47 Å². The maximum absolute atomic E-state index is 13.2. The molecule has 37 heavy (non-hydrogen) atoms. The van der Waals surface area contributed by atoms with E-state index < -0.39 is 18.0 Å². The first kappa shape index (κ1) is 27.8. The quantitative estimate of drug-likeness (QED) is 0.338. The zero-order valence-corrected chi connectivity index (χ0v) is 21.7. The number of nitrogens with one attached hydrogen (secondary N) is 1. The van der Waals surface area contributed by atoms with Gasteiger partial charge >= 0.3 is 6.36 Å². The van der Waals surface area contributed by atoms with Crippen LogP contribution in [0.25, 0.3) is 5.69 Å². The number of alkyl halides is 3. The number of anilines is 1. The van der Waals surface area contributed by atoms with Crippen molar-refractivity contribution in [3.8, 4) is 22.9 Å². The molecule has 0 saturated carbocycles. The third kappa shape index (κ3) is 6.93. The van der Waals surface area contributed by atoms with Crippen molar-refractivity contribution in [3.05, 3.63) is 53.3 Å². The third-order valence-corrected chi connectivity index (χ3v) is 5.57. The summed E-state index contributed by atoms with van der Waals surface area (Å²) >= 11 is 0. The van der Waals surface area contributed by atoms with Gasteiger partial charge in [-0.05, 0) is 48.6 Å². The number of unbranched alkanes of at least 4 members (excludes halogenated alkanes) is 1. The molecule has 0 aliphatic rings. The molecule has 2 aromatic carbocycles. The summed E-state index contributed by atoms with van der Waals surface area (Å²) in [5.74, 6) is -0.258. The van der Waals surface area contributed by atoms with Crippen molar-refractivity contribution < 1.29 is 32.2 Å². The number of hydrogen-bond acceptors (Lipinski definition) is 6. The summed E-state index contributed by atoms with van der Waals surface area (Å²) in [6, 6.07) is 9.20. The Bertz CT molecular complexity index is 1250. The average Bonchev–Trinajstić information content (AvgIpc) is 3.19. The van der Waals surface area contributed by atoms with Gasteiger partial charge in [0.25, 0.3) is 5.91 Å². The van der Waals surface area contributed by atoms with Gasteiger partial charge < -0.3 is 19.5 Å². The van der Waals surface area contributed by atoms with Crippen molar-refractivity contribution in [2.24, 2.45) is 0 Å². The van der Waals surface area contributed by atoms with Crippen molar-refractivity contribution >= 4 is 11.6 Å². The predicted octanol–water partition coefficient (Wildman–Crippen LogP) is 6.21. The van der Waals surface area contributed by atoms with Crippen LogP contribution in [0.2, 0.25) is 0 Å². The smallest absolute Gasteiger partial charge is 0.494 e. The number of halogens is 3. The van der Waals surface area contributed by atoms with Crippen molar-refractivity contribution in [3.63, 3.8) is 0 Å². The molecule has 0 saturated heterocycles. The highest BCUT2D eigenvalue weighted by Gasteiger charge is 2.32. The molecule has 0 aliphatic heterocycles. The molecule has 0 fully saturated rings. The second-order valence-electron chi connectivity index (χ2n) is 9.43. The highest BCUT2D eigenvalue weighted by Crippen LogP contribution is 2.33. The fraction of sp³-hybridized carbons (Fsp3) is 0.423. The van der Waals surface area contributed by atoms with Crippen LogP contribution in [0.3, 0.4) is 0 Å². The van der Waals surface area contributed by atoms with E-state index in [1.165, 1.54) is 17.9 Å². The van der Waals surface area contributed by atoms with E-state index in [-0.39, 0.29) is 22.5 Å². The van der Waals surface area contributed by atoms with Gasteiger partial charge in [-0.3, -0.25) is 4.79 Å². The van der Waals surface area contributed by atoms with Crippen LogP contribution in [0.4, 0.5) is 18.9 Å². The highest BCUT2D eigenvalue weighted by molar-refractivity contribution is 6.04. The summed E-state index contributed by atoms with van der Waals surface area (Å²) in [4.78, 5) is 13.2. The van der Waals surface area contributed by atoms with Crippen LogP contribution in [0.15, 0.2) is 36.4 Å². The number of methoxy groups -OCH3 is 1. The molecule has 0 atom stereocenters. The minimum Gasteiger partial charge on any atom is -0.494 e. The Balaban J connectivity index is 1.95. The van der Waals surface area contributed by atoms with Crippen molar-refractivity contribution in [2.45, 2.75) is 59.2 Å². The minimum atomic E-state index is -4.87. The molecule has 200 valence electrons. The number of ether oxygens (including phenoxy) is 3. The van der Waals surface area contributed by atoms with Crippen LogP contribution in [0.5, 0.6) is 17.2 Å². The zero-order chi connectivity index (χ0) is 27.4. The third-order valence-electron chi connectivity index (χ3n) is 5.57. The molecular weight excluding hydrogens is 489 g/mol. The fourth-order valence-electron chi connectivity index (χ4n) is 3.53. The Hall–Kier alpha value is -3.76. The zero-order valence-electron chi connectivity index (χ0n) is 21.7. The lowest BCUT2D eigenvalue weighted by Crippen LogP contribution is -2.18. The molecule has 0 aliphatic carbocycles. The molecule has 1 heterocycles. The van der Waals surface area contributed by atoms with Gasteiger partial charge in [0.15, 0.2) is 5.69 Å². The number of amides is 1. The molecule has 8 nitrogen and oxygen atoms in total. The largest absolute Gasteiger partial charge is 0.573 e. The maximum atomic E-state index is 13.2. The van der Waals surface area contributed by atoms with Crippen LogP contribution < -0.4 is 19.5 Å². The van der Waals surface area contributed by atoms with E-state index in [0.717, 1.165) is 30.5 Å². The van der Waals surface area contributed by atoms with Crippen molar-refractivity contribution in [1.82, 2.24) is 15.0 Å². The molecule has 3 rings (SSSR count). The van der Waals surface area contributed by atoms with Gasteiger partial charge in [0.05, 0.1) is 25.1 Å². The lowest BCUT2D eigenvalue weighted by molar-refractivity contribution is -0.274. The van der Waals surface area contributed by atoms with E-state index in [1.54, 1.807) is 6.92 Å². The lowest BCUT2D eigenvalue weighted by atomic mass is 9.87. The molecule has 1 aromatic heterocycles. The van der Waals surface area contributed by atoms with Gasteiger partial charge in [0.2, 0.25) is 0 Å². The van der Waals surface area contributed by atoms with Gasteiger partial charge in [-0.15, -0.1) is 18.3 Å². The van der Waals surface area contributed by atoms with E-state index in [9.17, 15) is 18.0 Å². The molecule has 11 heteroatoms. The van der Waals surface area contributed by atoms with E-state index in [2.05, 4.69) is 48.1 Å². The summed E-state index contributed by atoms with van der Waals surface area (Å²) in [6.07, 6.45) is -3.05. The van der Waals surface area contributed by atoms with Crippen LogP contribution in [0, 0.1) is 6.92 Å². The van der Waals surface area contributed by atoms with E-state index in [0.29, 0.717) is 23.7 Å². The van der Waals surface area contributed by atoms with Gasteiger partial charge in [-0.25, -0.2) is 4.68 Å². The van der Waals surface area contributed by atoms with E-state index in [1.807, 2.05) is 18.2 Å². The minimum absolute atomic E-state index is 0.00938. The Kier molecular flexibility index (Phi) is 8.35. The Morgan fingerprint density at radius 1 is 1.08 bits per heavy atom. The summed E-state index contributed by atoms with van der Waals surface area (Å²) in [7, 11) is 1.37. The Labute approximate surface area is 213 Å². The number of nitrogens with zero attached hydrogens (tertiary/aromatic N) is 3. The second-order valence-corrected chi connectivity index (χ2v) is 9.43. The van der Waals surface area contributed by atoms with Crippen LogP contribution >= 0.6 is 0 Å². The standard InChI is InChI=1S/C26H31F3N4O4/c1-7-8-13-36-21-11-9-17(25(3,4)5)14-19(21)30-24(34)23-16(2)33(32-31-23)20-15-18(37-26(27,28)29)10-12-22(20)35-6/h9-12,14-15H,7-8,13H2,1-6H3,(H,30,34). The first-order valence-corrected chi connectivity index (χ1v) is 11.8. The first-order chi connectivity index (χ1) is 17.3. The molecule has 0 unspecified atom stereocenters. The number of rotatable bonds is 9. The molecule has 3 aromatic rings. The summed E-state index contributed by atoms with van der Waals surface area (Å²) in [6.45, 7) is 10.3. The molecular formula is C26H31F3N4O4. The highest BCUT2D eigenvalue weighted by atomic mass is 19.4. The normalized spacial score (nSPS) is 11.8. The van der Waals surface area contributed by atoms with Crippen molar-refractivity contribution in [2.75, 3.05) is 19.0 Å². The van der Waals surface area contributed by atoms with Crippen LogP contribution in [-0.4, -0.2) is 41.0 Å². The monoisotopic (exact) mass is 520 g/mol. The van der Waals surface area contributed by atoms with Gasteiger partial charge in [0.1, 0.15) is 22.9 Å². The van der Waals surface area contributed by atoms with Gasteiger partial charge in [-0.1, -0.05) is 45.4 Å². The SMILES string of the molecule is CCCCOc1ccc(C(C)(C)C)cc1NC(=O)c1nnn(-c2cc(OC(F)(F)F)ccc2OC)c1C. The lowest BCUT2D eigenvalue weighted by Gasteiger charge is -2.21. The molecule has 0 radical (unpaired) electrons.